The van der Waals surface area contributed by atoms with Crippen molar-refractivity contribution in [3.8, 4) is 0 Å². The van der Waals surface area contributed by atoms with E-state index in [2.05, 4.69) is 34.7 Å². The van der Waals surface area contributed by atoms with E-state index in [1.807, 2.05) is 6.07 Å². The predicted molar refractivity (Wildman–Crippen MR) is 70.5 cm³/mol. The standard InChI is InChI=1S/C13H20N4O/c1-9(2)7-8-14-13(18)11-5-6-12(17-16-11)15-10-3-4-10/h5-6,9-10H,3-4,7-8H2,1-2H3,(H,14,18)(H,15,17). The quantitative estimate of drug-likeness (QED) is 0.806. The molecule has 1 aromatic rings. The maximum absolute atomic E-state index is 11.7. The maximum atomic E-state index is 11.7. The van der Waals surface area contributed by atoms with Gasteiger partial charge in [0.05, 0.1) is 0 Å². The molecule has 1 saturated carbocycles. The van der Waals surface area contributed by atoms with Gasteiger partial charge in [0.15, 0.2) is 5.69 Å². The van der Waals surface area contributed by atoms with Crippen molar-refractivity contribution < 1.29 is 4.79 Å². The molecule has 0 aliphatic heterocycles. The van der Waals surface area contributed by atoms with Crippen molar-refractivity contribution in [1.82, 2.24) is 15.5 Å². The molecule has 1 heterocycles. The number of hydrogen-bond acceptors (Lipinski definition) is 4. The van der Waals surface area contributed by atoms with Crippen LogP contribution in [0.4, 0.5) is 5.82 Å². The molecule has 0 unspecified atom stereocenters. The highest BCUT2D eigenvalue weighted by Crippen LogP contribution is 2.23. The molecule has 0 atom stereocenters. The minimum absolute atomic E-state index is 0.152. The molecule has 5 heteroatoms. The number of nitrogens with one attached hydrogen (secondary N) is 2. The van der Waals surface area contributed by atoms with E-state index in [9.17, 15) is 4.79 Å². The summed E-state index contributed by atoms with van der Waals surface area (Å²) in [5.41, 5.74) is 0.375. The van der Waals surface area contributed by atoms with Gasteiger partial charge in [-0.1, -0.05) is 13.8 Å². The SMILES string of the molecule is CC(C)CCNC(=O)c1ccc(NC2CC2)nn1. The van der Waals surface area contributed by atoms with Gasteiger partial charge in [-0.2, -0.15) is 0 Å². The molecule has 2 rings (SSSR count). The second-order valence-corrected chi connectivity index (χ2v) is 5.16. The third-order valence-corrected chi connectivity index (χ3v) is 2.83. The Hall–Kier alpha value is -1.65. The summed E-state index contributed by atoms with van der Waals surface area (Å²) in [6.07, 6.45) is 3.36. The Morgan fingerprint density at radius 2 is 2.17 bits per heavy atom. The second kappa shape index (κ2) is 5.80. The first-order valence-electron chi connectivity index (χ1n) is 6.53. The van der Waals surface area contributed by atoms with Crippen molar-refractivity contribution in [2.24, 2.45) is 5.92 Å². The summed E-state index contributed by atoms with van der Waals surface area (Å²) in [5.74, 6) is 1.18. The summed E-state index contributed by atoms with van der Waals surface area (Å²) in [6, 6.07) is 4.07. The number of rotatable bonds is 6. The fourth-order valence-corrected chi connectivity index (χ4v) is 1.53. The monoisotopic (exact) mass is 248 g/mol. The lowest BCUT2D eigenvalue weighted by molar-refractivity contribution is 0.0946. The molecule has 1 aromatic heterocycles. The summed E-state index contributed by atoms with van der Waals surface area (Å²) < 4.78 is 0. The van der Waals surface area contributed by atoms with E-state index < -0.39 is 0 Å². The first-order valence-corrected chi connectivity index (χ1v) is 6.53. The predicted octanol–water partition coefficient (Wildman–Crippen LogP) is 1.83. The third kappa shape index (κ3) is 3.98. The van der Waals surface area contributed by atoms with Crippen molar-refractivity contribution in [2.75, 3.05) is 11.9 Å². The van der Waals surface area contributed by atoms with Crippen LogP contribution in [0.15, 0.2) is 12.1 Å². The van der Waals surface area contributed by atoms with Gasteiger partial charge in [0.2, 0.25) is 0 Å². The number of hydrogen-bond donors (Lipinski definition) is 2. The van der Waals surface area contributed by atoms with Crippen molar-refractivity contribution in [2.45, 2.75) is 39.2 Å². The topological polar surface area (TPSA) is 66.9 Å². The molecule has 0 aromatic carbocycles. The first kappa shape index (κ1) is 12.8. The first-order chi connectivity index (χ1) is 8.65. The largest absolute Gasteiger partial charge is 0.366 e. The Balaban J connectivity index is 1.81. The molecule has 18 heavy (non-hydrogen) atoms. The Kier molecular flexibility index (Phi) is 4.12. The molecule has 1 fully saturated rings. The summed E-state index contributed by atoms with van der Waals surface area (Å²) in [4.78, 5) is 11.7. The van der Waals surface area contributed by atoms with Gasteiger partial charge in [-0.15, -0.1) is 10.2 Å². The van der Waals surface area contributed by atoms with E-state index in [-0.39, 0.29) is 5.91 Å². The molecule has 0 bridgehead atoms. The number of aromatic nitrogens is 2. The molecule has 1 amide bonds. The van der Waals surface area contributed by atoms with E-state index in [1.54, 1.807) is 6.07 Å². The summed E-state index contributed by atoms with van der Waals surface area (Å²) in [6.45, 7) is 4.94. The number of anilines is 1. The maximum Gasteiger partial charge on any atom is 0.271 e. The van der Waals surface area contributed by atoms with Crippen molar-refractivity contribution in [3.05, 3.63) is 17.8 Å². The minimum atomic E-state index is -0.152. The van der Waals surface area contributed by atoms with Crippen LogP contribution in [0.25, 0.3) is 0 Å². The number of amides is 1. The lowest BCUT2D eigenvalue weighted by Crippen LogP contribution is -2.26. The molecular weight excluding hydrogens is 228 g/mol. The van der Waals surface area contributed by atoms with Gasteiger partial charge in [0.25, 0.3) is 5.91 Å². The van der Waals surface area contributed by atoms with Crippen LogP contribution in [0.1, 0.15) is 43.6 Å². The molecule has 2 N–H and O–H groups in total. The van der Waals surface area contributed by atoms with E-state index in [0.29, 0.717) is 24.2 Å². The fraction of sp³-hybridized carbons (Fsp3) is 0.615. The van der Waals surface area contributed by atoms with Crippen molar-refractivity contribution in [3.63, 3.8) is 0 Å². The lowest BCUT2D eigenvalue weighted by atomic mass is 10.1. The van der Waals surface area contributed by atoms with Crippen LogP contribution in [0, 0.1) is 5.92 Å². The van der Waals surface area contributed by atoms with E-state index >= 15 is 0 Å². The number of nitrogens with zero attached hydrogens (tertiary/aromatic N) is 2. The van der Waals surface area contributed by atoms with Crippen molar-refractivity contribution in [1.29, 1.82) is 0 Å². The Morgan fingerprint density at radius 3 is 2.72 bits per heavy atom. The molecule has 0 radical (unpaired) electrons. The van der Waals surface area contributed by atoms with Crippen LogP contribution in [-0.2, 0) is 0 Å². The molecule has 5 nitrogen and oxygen atoms in total. The molecule has 0 spiro atoms. The highest BCUT2D eigenvalue weighted by molar-refractivity contribution is 5.92. The van der Waals surface area contributed by atoms with Crippen LogP contribution < -0.4 is 10.6 Å². The average molecular weight is 248 g/mol. The second-order valence-electron chi connectivity index (χ2n) is 5.16. The van der Waals surface area contributed by atoms with Crippen LogP contribution in [0.2, 0.25) is 0 Å². The Labute approximate surface area is 107 Å². The lowest BCUT2D eigenvalue weighted by Gasteiger charge is -2.07. The summed E-state index contributed by atoms with van der Waals surface area (Å²) in [7, 11) is 0. The molecule has 1 aliphatic carbocycles. The van der Waals surface area contributed by atoms with Gasteiger partial charge < -0.3 is 10.6 Å². The zero-order valence-corrected chi connectivity index (χ0v) is 10.9. The fourth-order valence-electron chi connectivity index (χ4n) is 1.53. The molecular formula is C13H20N4O. The number of carbonyl (C=O) groups is 1. The third-order valence-electron chi connectivity index (χ3n) is 2.83. The van der Waals surface area contributed by atoms with Gasteiger partial charge in [-0.05, 0) is 37.3 Å². The van der Waals surface area contributed by atoms with Gasteiger partial charge in [-0.3, -0.25) is 4.79 Å². The summed E-state index contributed by atoms with van der Waals surface area (Å²) >= 11 is 0. The van der Waals surface area contributed by atoms with E-state index in [4.69, 9.17) is 0 Å². The van der Waals surface area contributed by atoms with Gasteiger partial charge in [0.1, 0.15) is 5.82 Å². The molecule has 0 saturated heterocycles. The average Bonchev–Trinajstić information content (AvgIpc) is 3.13. The van der Waals surface area contributed by atoms with Gasteiger partial charge >= 0.3 is 0 Å². The van der Waals surface area contributed by atoms with Crippen LogP contribution in [0.5, 0.6) is 0 Å². The molecule has 1 aliphatic rings. The van der Waals surface area contributed by atoms with Crippen molar-refractivity contribution >= 4 is 11.7 Å². The van der Waals surface area contributed by atoms with Gasteiger partial charge in [-0.25, -0.2) is 0 Å². The Morgan fingerprint density at radius 1 is 1.39 bits per heavy atom. The zero-order chi connectivity index (χ0) is 13.0. The minimum Gasteiger partial charge on any atom is -0.366 e. The van der Waals surface area contributed by atoms with Gasteiger partial charge in [0, 0.05) is 12.6 Å². The summed E-state index contributed by atoms with van der Waals surface area (Å²) in [5, 5.41) is 14.0. The van der Waals surface area contributed by atoms with Crippen LogP contribution in [0.3, 0.4) is 0 Å². The smallest absolute Gasteiger partial charge is 0.271 e. The van der Waals surface area contributed by atoms with Crippen LogP contribution in [-0.4, -0.2) is 28.7 Å². The van der Waals surface area contributed by atoms with Crippen LogP contribution >= 0.6 is 0 Å². The highest BCUT2D eigenvalue weighted by Gasteiger charge is 2.21. The highest BCUT2D eigenvalue weighted by atomic mass is 16.1. The van der Waals surface area contributed by atoms with E-state index in [0.717, 1.165) is 12.2 Å². The number of carbonyl (C=O) groups excluding carboxylic acids is 1. The van der Waals surface area contributed by atoms with E-state index in [1.165, 1.54) is 12.8 Å². The zero-order valence-electron chi connectivity index (χ0n) is 10.9. The molecule has 98 valence electrons. The normalized spacial score (nSPS) is 14.6. The Bertz CT molecular complexity index is 398.